The van der Waals surface area contributed by atoms with Crippen LogP contribution in [-0.4, -0.2) is 30.0 Å². The van der Waals surface area contributed by atoms with Crippen molar-refractivity contribution in [1.82, 2.24) is 4.90 Å². The Labute approximate surface area is 172 Å². The molecule has 1 atom stereocenters. The first-order chi connectivity index (χ1) is 14.2. The van der Waals surface area contributed by atoms with E-state index in [4.69, 9.17) is 4.74 Å². The van der Waals surface area contributed by atoms with E-state index in [1.54, 1.807) is 0 Å². The molecule has 3 heteroatoms. The molecule has 1 heterocycles. The Hall–Kier alpha value is -2.91. The van der Waals surface area contributed by atoms with Gasteiger partial charge in [-0.05, 0) is 67.6 Å². The van der Waals surface area contributed by atoms with Crippen molar-refractivity contribution in [3.63, 3.8) is 0 Å². The number of benzene rings is 3. The van der Waals surface area contributed by atoms with Gasteiger partial charge in [-0.3, -0.25) is 4.90 Å². The van der Waals surface area contributed by atoms with Gasteiger partial charge in [-0.25, -0.2) is 4.79 Å². The number of hydrogen-bond donors (Lipinski definition) is 0. The zero-order valence-corrected chi connectivity index (χ0v) is 16.8. The Morgan fingerprint density at radius 2 is 1.38 bits per heavy atom. The molecule has 0 aromatic heterocycles. The molecule has 29 heavy (non-hydrogen) atoms. The number of para-hydroxylation sites is 1. The minimum Gasteiger partial charge on any atom is -0.425 e. The summed E-state index contributed by atoms with van der Waals surface area (Å²) >= 11 is 0. The molecular weight excluding hydrogens is 358 g/mol. The van der Waals surface area contributed by atoms with Crippen molar-refractivity contribution in [3.8, 4) is 16.9 Å². The predicted molar refractivity (Wildman–Crippen MR) is 117 cm³/mol. The lowest BCUT2D eigenvalue weighted by Crippen LogP contribution is -2.45. The van der Waals surface area contributed by atoms with Crippen molar-refractivity contribution in [2.75, 3.05) is 13.1 Å². The number of ether oxygens (including phenoxy) is 1. The summed E-state index contributed by atoms with van der Waals surface area (Å²) in [7, 11) is 0. The van der Waals surface area contributed by atoms with Gasteiger partial charge in [0.15, 0.2) is 0 Å². The van der Waals surface area contributed by atoms with Crippen LogP contribution in [0, 0.1) is 0 Å². The van der Waals surface area contributed by atoms with Crippen LogP contribution in [0.25, 0.3) is 11.1 Å². The molecule has 1 aliphatic rings. The van der Waals surface area contributed by atoms with Crippen LogP contribution in [0.2, 0.25) is 0 Å². The van der Waals surface area contributed by atoms with E-state index < -0.39 is 0 Å². The second-order valence-electron chi connectivity index (χ2n) is 7.71. The molecule has 0 saturated carbocycles. The van der Waals surface area contributed by atoms with Gasteiger partial charge in [-0.2, -0.15) is 0 Å². The maximum absolute atomic E-state index is 12.5. The third-order valence-electron chi connectivity index (χ3n) is 5.87. The van der Waals surface area contributed by atoms with Crippen molar-refractivity contribution >= 4 is 5.97 Å². The molecular formula is C26H27NO2. The lowest BCUT2D eigenvalue weighted by Gasteiger charge is -2.35. The van der Waals surface area contributed by atoms with E-state index in [0.29, 0.717) is 11.7 Å². The highest BCUT2D eigenvalue weighted by Crippen LogP contribution is 2.30. The average Bonchev–Trinajstić information content (AvgIpc) is 2.80. The highest BCUT2D eigenvalue weighted by Gasteiger charge is 2.28. The van der Waals surface area contributed by atoms with E-state index in [-0.39, 0.29) is 12.0 Å². The number of rotatable bonds is 5. The van der Waals surface area contributed by atoms with Crippen LogP contribution in [0.5, 0.6) is 5.75 Å². The number of carbonyl (C=O) groups is 1. The molecule has 1 fully saturated rings. The fraction of sp³-hybridized carbons (Fsp3) is 0.269. The standard InChI is InChI=1S/C26H27NO2/c1-20(26(28)29-25-10-6-3-7-11-25)27-18-16-24(17-19-27)23-14-12-22(13-15-23)21-8-4-2-5-9-21/h2-15,20,24H,16-19H2,1H3. The second kappa shape index (κ2) is 9.06. The van der Waals surface area contributed by atoms with Crippen LogP contribution in [0.15, 0.2) is 84.9 Å². The second-order valence-corrected chi connectivity index (χ2v) is 7.71. The van der Waals surface area contributed by atoms with Gasteiger partial charge in [0.05, 0.1) is 0 Å². The monoisotopic (exact) mass is 385 g/mol. The summed E-state index contributed by atoms with van der Waals surface area (Å²) < 4.78 is 5.52. The Kier molecular flexibility index (Phi) is 6.06. The topological polar surface area (TPSA) is 29.5 Å². The molecule has 0 radical (unpaired) electrons. The molecule has 0 N–H and O–H groups in total. The Balaban J connectivity index is 1.32. The van der Waals surface area contributed by atoms with Crippen molar-refractivity contribution in [1.29, 1.82) is 0 Å². The minimum absolute atomic E-state index is 0.179. The molecule has 1 unspecified atom stereocenters. The first kappa shape index (κ1) is 19.4. The van der Waals surface area contributed by atoms with Gasteiger partial charge in [-0.15, -0.1) is 0 Å². The Bertz CT molecular complexity index is 914. The zero-order valence-electron chi connectivity index (χ0n) is 16.8. The lowest BCUT2D eigenvalue weighted by atomic mass is 9.88. The molecule has 3 aromatic rings. The predicted octanol–water partition coefficient (Wildman–Crippen LogP) is 5.53. The van der Waals surface area contributed by atoms with E-state index in [2.05, 4.69) is 53.4 Å². The summed E-state index contributed by atoms with van der Waals surface area (Å²) in [4.78, 5) is 14.7. The SMILES string of the molecule is CC(C(=O)Oc1ccccc1)N1CCC(c2ccc(-c3ccccc3)cc2)CC1. The quantitative estimate of drug-likeness (QED) is 0.427. The number of carbonyl (C=O) groups excluding carboxylic acids is 1. The first-order valence-corrected chi connectivity index (χ1v) is 10.4. The smallest absolute Gasteiger partial charge is 0.328 e. The normalized spacial score (nSPS) is 16.3. The van der Waals surface area contributed by atoms with Gasteiger partial charge in [-0.1, -0.05) is 72.8 Å². The van der Waals surface area contributed by atoms with E-state index in [1.165, 1.54) is 16.7 Å². The van der Waals surface area contributed by atoms with Crippen molar-refractivity contribution < 1.29 is 9.53 Å². The summed E-state index contributed by atoms with van der Waals surface area (Å²) in [6.07, 6.45) is 2.13. The number of nitrogens with zero attached hydrogens (tertiary/aromatic N) is 1. The molecule has 0 bridgehead atoms. The Morgan fingerprint density at radius 1 is 0.828 bits per heavy atom. The Morgan fingerprint density at radius 3 is 2.00 bits per heavy atom. The molecule has 3 aromatic carbocycles. The van der Waals surface area contributed by atoms with E-state index in [1.807, 2.05) is 43.3 Å². The van der Waals surface area contributed by atoms with Gasteiger partial charge >= 0.3 is 5.97 Å². The van der Waals surface area contributed by atoms with Gasteiger partial charge < -0.3 is 4.74 Å². The van der Waals surface area contributed by atoms with Crippen molar-refractivity contribution in [2.24, 2.45) is 0 Å². The minimum atomic E-state index is -0.225. The van der Waals surface area contributed by atoms with Crippen LogP contribution in [-0.2, 0) is 4.79 Å². The molecule has 148 valence electrons. The van der Waals surface area contributed by atoms with Crippen LogP contribution >= 0.6 is 0 Å². The zero-order chi connectivity index (χ0) is 20.1. The maximum atomic E-state index is 12.5. The summed E-state index contributed by atoms with van der Waals surface area (Å²) in [5.74, 6) is 0.980. The lowest BCUT2D eigenvalue weighted by molar-refractivity contribution is -0.140. The third kappa shape index (κ3) is 4.75. The number of hydrogen-bond acceptors (Lipinski definition) is 3. The van der Waals surface area contributed by atoms with E-state index in [0.717, 1.165) is 25.9 Å². The summed E-state index contributed by atoms with van der Waals surface area (Å²) in [6.45, 7) is 3.77. The third-order valence-corrected chi connectivity index (χ3v) is 5.87. The van der Waals surface area contributed by atoms with Gasteiger partial charge in [0.1, 0.15) is 11.8 Å². The average molecular weight is 386 g/mol. The molecule has 0 spiro atoms. The molecule has 0 aliphatic carbocycles. The van der Waals surface area contributed by atoms with Crippen molar-refractivity contribution in [2.45, 2.75) is 31.7 Å². The fourth-order valence-electron chi connectivity index (χ4n) is 4.04. The molecule has 3 nitrogen and oxygen atoms in total. The number of esters is 1. The van der Waals surface area contributed by atoms with Crippen LogP contribution in [0.3, 0.4) is 0 Å². The maximum Gasteiger partial charge on any atom is 0.328 e. The summed E-state index contributed by atoms with van der Waals surface area (Å²) in [6, 6.07) is 28.5. The van der Waals surface area contributed by atoms with Crippen molar-refractivity contribution in [3.05, 3.63) is 90.5 Å². The summed E-state index contributed by atoms with van der Waals surface area (Å²) in [5, 5.41) is 0. The number of likely N-dealkylation sites (tertiary alicyclic amines) is 1. The van der Waals surface area contributed by atoms with Crippen LogP contribution in [0.4, 0.5) is 0 Å². The highest BCUT2D eigenvalue weighted by molar-refractivity contribution is 5.77. The molecule has 1 saturated heterocycles. The molecule has 0 amide bonds. The molecule has 1 aliphatic heterocycles. The summed E-state index contributed by atoms with van der Waals surface area (Å²) in [5.41, 5.74) is 3.90. The van der Waals surface area contributed by atoms with Gasteiger partial charge in [0.25, 0.3) is 0 Å². The molecule has 4 rings (SSSR count). The van der Waals surface area contributed by atoms with E-state index >= 15 is 0 Å². The number of piperidine rings is 1. The van der Waals surface area contributed by atoms with Crippen LogP contribution < -0.4 is 4.74 Å². The van der Waals surface area contributed by atoms with Crippen LogP contribution in [0.1, 0.15) is 31.2 Å². The largest absolute Gasteiger partial charge is 0.425 e. The van der Waals surface area contributed by atoms with E-state index in [9.17, 15) is 4.79 Å². The highest BCUT2D eigenvalue weighted by atomic mass is 16.5. The van der Waals surface area contributed by atoms with Gasteiger partial charge in [0.2, 0.25) is 0 Å². The fourth-order valence-corrected chi connectivity index (χ4v) is 4.04. The van der Waals surface area contributed by atoms with Gasteiger partial charge in [0, 0.05) is 0 Å². The first-order valence-electron chi connectivity index (χ1n) is 10.4.